The van der Waals surface area contributed by atoms with Crippen LogP contribution in [0.25, 0.3) is 0 Å². The SMILES string of the molecule is CC1CN(C2CCC3CC32)CC1N. The van der Waals surface area contributed by atoms with Gasteiger partial charge < -0.3 is 5.73 Å². The van der Waals surface area contributed by atoms with Crippen LogP contribution in [0.1, 0.15) is 26.2 Å². The first-order valence-corrected chi connectivity index (χ1v) is 5.75. The highest BCUT2D eigenvalue weighted by atomic mass is 15.2. The van der Waals surface area contributed by atoms with Crippen LogP contribution in [0, 0.1) is 17.8 Å². The molecule has 5 unspecified atom stereocenters. The Morgan fingerprint density at radius 1 is 1.23 bits per heavy atom. The van der Waals surface area contributed by atoms with E-state index >= 15 is 0 Å². The topological polar surface area (TPSA) is 29.3 Å². The van der Waals surface area contributed by atoms with Crippen LogP contribution in [0.5, 0.6) is 0 Å². The molecule has 2 saturated carbocycles. The Labute approximate surface area is 80.5 Å². The Hall–Kier alpha value is -0.0800. The quantitative estimate of drug-likeness (QED) is 0.654. The van der Waals surface area contributed by atoms with E-state index in [2.05, 4.69) is 11.8 Å². The molecule has 5 atom stereocenters. The maximum atomic E-state index is 6.05. The zero-order valence-corrected chi connectivity index (χ0v) is 8.45. The second kappa shape index (κ2) is 2.71. The number of hydrogen-bond donors (Lipinski definition) is 1. The van der Waals surface area contributed by atoms with E-state index in [1.807, 2.05) is 0 Å². The summed E-state index contributed by atoms with van der Waals surface area (Å²) >= 11 is 0. The van der Waals surface area contributed by atoms with Gasteiger partial charge in [-0.05, 0) is 37.0 Å². The summed E-state index contributed by atoms with van der Waals surface area (Å²) in [6.45, 7) is 4.72. The molecule has 74 valence electrons. The molecule has 0 aromatic carbocycles. The van der Waals surface area contributed by atoms with Crippen molar-refractivity contribution >= 4 is 0 Å². The zero-order valence-electron chi connectivity index (χ0n) is 8.45. The molecule has 1 heterocycles. The summed E-state index contributed by atoms with van der Waals surface area (Å²) in [7, 11) is 0. The third-order valence-electron chi connectivity index (χ3n) is 4.47. The summed E-state index contributed by atoms with van der Waals surface area (Å²) in [6.07, 6.45) is 4.47. The van der Waals surface area contributed by atoms with Crippen LogP contribution in [-0.4, -0.2) is 30.1 Å². The number of hydrogen-bond acceptors (Lipinski definition) is 2. The van der Waals surface area contributed by atoms with Crippen molar-refractivity contribution in [2.24, 2.45) is 23.5 Å². The molecule has 3 rings (SSSR count). The van der Waals surface area contributed by atoms with Gasteiger partial charge in [0.05, 0.1) is 0 Å². The van der Waals surface area contributed by atoms with Gasteiger partial charge in [0.2, 0.25) is 0 Å². The molecule has 1 aliphatic heterocycles. The van der Waals surface area contributed by atoms with Gasteiger partial charge in [0.25, 0.3) is 0 Å². The number of nitrogens with two attached hydrogens (primary N) is 1. The van der Waals surface area contributed by atoms with Crippen molar-refractivity contribution in [1.82, 2.24) is 4.90 Å². The summed E-state index contributed by atoms with van der Waals surface area (Å²) in [5, 5.41) is 0. The van der Waals surface area contributed by atoms with Gasteiger partial charge in [-0.25, -0.2) is 0 Å². The normalized spacial score (nSPS) is 55.4. The highest BCUT2D eigenvalue weighted by Gasteiger charge is 2.51. The highest BCUT2D eigenvalue weighted by Crippen LogP contribution is 2.54. The molecule has 2 aliphatic carbocycles. The summed E-state index contributed by atoms with van der Waals surface area (Å²) in [4.78, 5) is 2.67. The van der Waals surface area contributed by atoms with Crippen molar-refractivity contribution < 1.29 is 0 Å². The first kappa shape index (κ1) is 8.25. The van der Waals surface area contributed by atoms with Gasteiger partial charge in [0, 0.05) is 25.2 Å². The zero-order chi connectivity index (χ0) is 9.00. The third kappa shape index (κ3) is 1.23. The van der Waals surface area contributed by atoms with E-state index in [0.717, 1.165) is 30.3 Å². The van der Waals surface area contributed by atoms with Gasteiger partial charge in [0.1, 0.15) is 0 Å². The summed E-state index contributed by atoms with van der Waals surface area (Å²) in [5.74, 6) is 2.90. The minimum Gasteiger partial charge on any atom is -0.326 e. The molecule has 3 aliphatic rings. The minimum atomic E-state index is 0.442. The molecule has 2 heteroatoms. The molecule has 0 bridgehead atoms. The van der Waals surface area contributed by atoms with Crippen molar-refractivity contribution in [3.05, 3.63) is 0 Å². The van der Waals surface area contributed by atoms with Crippen LogP contribution in [0.3, 0.4) is 0 Å². The van der Waals surface area contributed by atoms with Crippen LogP contribution >= 0.6 is 0 Å². The molecule has 0 radical (unpaired) electrons. The van der Waals surface area contributed by atoms with Crippen molar-refractivity contribution in [2.45, 2.75) is 38.3 Å². The standard InChI is InChI=1S/C11H20N2/c1-7-5-13(6-10(7)12)11-3-2-8-4-9(8)11/h7-11H,2-6,12H2,1H3. The van der Waals surface area contributed by atoms with E-state index in [1.165, 1.54) is 25.8 Å². The van der Waals surface area contributed by atoms with E-state index in [9.17, 15) is 0 Å². The van der Waals surface area contributed by atoms with E-state index in [4.69, 9.17) is 5.73 Å². The predicted molar refractivity (Wildman–Crippen MR) is 53.3 cm³/mol. The fraction of sp³-hybridized carbons (Fsp3) is 1.00. The summed E-state index contributed by atoms with van der Waals surface area (Å²) in [6, 6.07) is 1.36. The van der Waals surface area contributed by atoms with Crippen LogP contribution in [0.2, 0.25) is 0 Å². The van der Waals surface area contributed by atoms with Gasteiger partial charge in [-0.3, -0.25) is 4.90 Å². The minimum absolute atomic E-state index is 0.442. The van der Waals surface area contributed by atoms with E-state index in [0.29, 0.717) is 6.04 Å². The predicted octanol–water partition coefficient (Wildman–Crippen LogP) is 1.06. The molecule has 0 spiro atoms. The van der Waals surface area contributed by atoms with E-state index in [-0.39, 0.29) is 0 Å². The van der Waals surface area contributed by atoms with Crippen LogP contribution < -0.4 is 5.73 Å². The molecule has 0 aromatic rings. The lowest BCUT2D eigenvalue weighted by Crippen LogP contribution is -2.35. The first-order valence-electron chi connectivity index (χ1n) is 5.75. The third-order valence-corrected chi connectivity index (χ3v) is 4.47. The van der Waals surface area contributed by atoms with Crippen molar-refractivity contribution in [3.63, 3.8) is 0 Å². The Bertz CT molecular complexity index is 206. The van der Waals surface area contributed by atoms with Gasteiger partial charge in [-0.2, -0.15) is 0 Å². The van der Waals surface area contributed by atoms with Crippen LogP contribution in [0.15, 0.2) is 0 Å². The summed E-state index contributed by atoms with van der Waals surface area (Å²) in [5.41, 5.74) is 6.05. The fourth-order valence-electron chi connectivity index (χ4n) is 3.43. The number of fused-ring (bicyclic) bond motifs is 1. The Morgan fingerprint density at radius 2 is 2.08 bits per heavy atom. The number of nitrogens with zero attached hydrogens (tertiary/aromatic N) is 1. The van der Waals surface area contributed by atoms with Crippen molar-refractivity contribution in [1.29, 1.82) is 0 Å². The van der Waals surface area contributed by atoms with Crippen molar-refractivity contribution in [3.8, 4) is 0 Å². The molecule has 0 amide bonds. The molecule has 2 nitrogen and oxygen atoms in total. The van der Waals surface area contributed by atoms with Gasteiger partial charge in [0.15, 0.2) is 0 Å². The number of likely N-dealkylation sites (tertiary alicyclic amines) is 1. The molecular weight excluding hydrogens is 160 g/mol. The molecular formula is C11H20N2. The molecule has 1 saturated heterocycles. The smallest absolute Gasteiger partial charge is 0.0206 e. The van der Waals surface area contributed by atoms with Crippen LogP contribution in [0.4, 0.5) is 0 Å². The molecule has 0 aromatic heterocycles. The average Bonchev–Trinajstić information content (AvgIpc) is 2.63. The lowest BCUT2D eigenvalue weighted by molar-refractivity contribution is 0.216. The van der Waals surface area contributed by atoms with Crippen LogP contribution in [-0.2, 0) is 0 Å². The second-order valence-electron chi connectivity index (χ2n) is 5.40. The van der Waals surface area contributed by atoms with E-state index in [1.54, 1.807) is 0 Å². The first-order chi connectivity index (χ1) is 6.25. The average molecular weight is 180 g/mol. The van der Waals surface area contributed by atoms with Gasteiger partial charge in [-0.1, -0.05) is 6.92 Å². The van der Waals surface area contributed by atoms with Gasteiger partial charge >= 0.3 is 0 Å². The molecule has 3 fully saturated rings. The molecule has 13 heavy (non-hydrogen) atoms. The highest BCUT2D eigenvalue weighted by molar-refractivity contribution is 5.04. The lowest BCUT2D eigenvalue weighted by atomic mass is 10.1. The number of rotatable bonds is 1. The van der Waals surface area contributed by atoms with Gasteiger partial charge in [-0.15, -0.1) is 0 Å². The summed E-state index contributed by atoms with van der Waals surface area (Å²) < 4.78 is 0. The lowest BCUT2D eigenvalue weighted by Gasteiger charge is -2.25. The maximum Gasteiger partial charge on any atom is 0.0206 e. The van der Waals surface area contributed by atoms with E-state index < -0.39 is 0 Å². The Balaban J connectivity index is 1.66. The Morgan fingerprint density at radius 3 is 2.54 bits per heavy atom. The molecule has 2 N–H and O–H groups in total. The monoisotopic (exact) mass is 180 g/mol. The van der Waals surface area contributed by atoms with Crippen molar-refractivity contribution in [2.75, 3.05) is 13.1 Å². The Kier molecular flexibility index (Phi) is 1.72. The largest absolute Gasteiger partial charge is 0.326 e. The fourth-order valence-corrected chi connectivity index (χ4v) is 3.43. The second-order valence-corrected chi connectivity index (χ2v) is 5.40. The maximum absolute atomic E-state index is 6.05.